The molecule has 0 aliphatic carbocycles. The number of imidazole rings is 1. The van der Waals surface area contributed by atoms with Crippen molar-refractivity contribution < 1.29 is 9.59 Å². The van der Waals surface area contributed by atoms with Crippen LogP contribution < -0.4 is 10.6 Å². The minimum absolute atomic E-state index is 0.0832. The standard InChI is InChI=1S/C20H27N5O2S/c1-14-6-4-5-7-15(14)13-25-9-8-21-19(27)17(25)10-18(26)22-11-16-12-23-20(28-3)24(16)2/h4-7,12,17H,8-11,13H2,1-3H3,(H,21,27)(H,22,26). The molecular formula is C20H27N5O2S. The molecule has 0 saturated carbocycles. The molecule has 0 radical (unpaired) electrons. The third-order valence-electron chi connectivity index (χ3n) is 5.15. The lowest BCUT2D eigenvalue weighted by Gasteiger charge is -2.35. The zero-order valence-electron chi connectivity index (χ0n) is 16.6. The van der Waals surface area contributed by atoms with Crippen molar-refractivity contribution in [2.24, 2.45) is 7.05 Å². The van der Waals surface area contributed by atoms with E-state index in [-0.39, 0.29) is 18.2 Å². The Hall–Kier alpha value is -2.32. The maximum absolute atomic E-state index is 12.5. The van der Waals surface area contributed by atoms with Crippen LogP contribution >= 0.6 is 11.8 Å². The van der Waals surface area contributed by atoms with Crippen LogP contribution in [0.4, 0.5) is 0 Å². The highest BCUT2D eigenvalue weighted by Crippen LogP contribution is 2.17. The fraction of sp³-hybridized carbons (Fsp3) is 0.450. The quantitative estimate of drug-likeness (QED) is 0.687. The lowest BCUT2D eigenvalue weighted by molar-refractivity contribution is -0.134. The molecular weight excluding hydrogens is 374 g/mol. The monoisotopic (exact) mass is 401 g/mol. The fourth-order valence-corrected chi connectivity index (χ4v) is 3.95. The molecule has 1 aliphatic heterocycles. The lowest BCUT2D eigenvalue weighted by atomic mass is 10.0. The van der Waals surface area contributed by atoms with Crippen molar-refractivity contribution in [3.05, 3.63) is 47.3 Å². The largest absolute Gasteiger partial charge is 0.353 e. The van der Waals surface area contributed by atoms with E-state index < -0.39 is 6.04 Å². The number of aryl methyl sites for hydroxylation is 1. The summed E-state index contributed by atoms with van der Waals surface area (Å²) in [6.45, 7) is 4.47. The van der Waals surface area contributed by atoms with Crippen molar-refractivity contribution in [2.75, 3.05) is 19.3 Å². The van der Waals surface area contributed by atoms with Gasteiger partial charge in [-0.1, -0.05) is 36.0 Å². The molecule has 28 heavy (non-hydrogen) atoms. The normalized spacial score (nSPS) is 17.4. The van der Waals surface area contributed by atoms with E-state index in [1.165, 1.54) is 11.1 Å². The van der Waals surface area contributed by atoms with Crippen LogP contribution in [-0.4, -0.2) is 51.7 Å². The Labute approximate surface area is 169 Å². The zero-order valence-corrected chi connectivity index (χ0v) is 17.4. The van der Waals surface area contributed by atoms with E-state index in [1.54, 1.807) is 18.0 Å². The molecule has 1 saturated heterocycles. The number of aromatic nitrogens is 2. The third kappa shape index (κ3) is 4.74. The Morgan fingerprint density at radius 2 is 2.18 bits per heavy atom. The molecule has 1 aromatic carbocycles. The van der Waals surface area contributed by atoms with Gasteiger partial charge in [-0.05, 0) is 24.3 Å². The van der Waals surface area contributed by atoms with Crippen LogP contribution in [0.1, 0.15) is 23.2 Å². The minimum atomic E-state index is -0.457. The molecule has 8 heteroatoms. The number of nitrogens with zero attached hydrogens (tertiary/aromatic N) is 3. The van der Waals surface area contributed by atoms with Crippen molar-refractivity contribution in [2.45, 2.75) is 37.6 Å². The average molecular weight is 402 g/mol. The topological polar surface area (TPSA) is 79.3 Å². The van der Waals surface area contributed by atoms with E-state index in [1.807, 2.05) is 30.0 Å². The van der Waals surface area contributed by atoms with E-state index in [9.17, 15) is 9.59 Å². The number of hydrogen-bond acceptors (Lipinski definition) is 5. The number of benzene rings is 1. The second-order valence-electron chi connectivity index (χ2n) is 6.98. The maximum atomic E-state index is 12.5. The number of carbonyl (C=O) groups is 2. The van der Waals surface area contributed by atoms with Gasteiger partial charge < -0.3 is 15.2 Å². The van der Waals surface area contributed by atoms with E-state index in [0.717, 1.165) is 17.4 Å². The molecule has 1 unspecified atom stereocenters. The summed E-state index contributed by atoms with van der Waals surface area (Å²) in [5, 5.41) is 6.71. The van der Waals surface area contributed by atoms with E-state index in [0.29, 0.717) is 19.6 Å². The van der Waals surface area contributed by atoms with E-state index in [4.69, 9.17) is 0 Å². The summed E-state index contributed by atoms with van der Waals surface area (Å²) >= 11 is 1.56. The number of rotatable bonds is 7. The van der Waals surface area contributed by atoms with Crippen LogP contribution in [0, 0.1) is 6.92 Å². The molecule has 0 spiro atoms. The Balaban J connectivity index is 1.62. The first-order chi connectivity index (χ1) is 13.5. The molecule has 1 aliphatic rings. The average Bonchev–Trinajstić information content (AvgIpc) is 3.04. The number of thioether (sulfide) groups is 1. The molecule has 3 rings (SSSR count). The van der Waals surface area contributed by atoms with Crippen LogP contribution in [0.5, 0.6) is 0 Å². The molecule has 7 nitrogen and oxygen atoms in total. The second kappa shape index (κ2) is 9.25. The first kappa shape index (κ1) is 20.4. The van der Waals surface area contributed by atoms with Gasteiger partial charge >= 0.3 is 0 Å². The zero-order chi connectivity index (χ0) is 20.1. The van der Waals surface area contributed by atoms with Gasteiger partial charge in [0.15, 0.2) is 5.16 Å². The maximum Gasteiger partial charge on any atom is 0.237 e. The first-order valence-electron chi connectivity index (χ1n) is 9.37. The summed E-state index contributed by atoms with van der Waals surface area (Å²) in [7, 11) is 1.93. The highest BCUT2D eigenvalue weighted by atomic mass is 32.2. The second-order valence-corrected chi connectivity index (χ2v) is 7.75. The van der Waals surface area contributed by atoms with E-state index in [2.05, 4.69) is 39.6 Å². The first-order valence-corrected chi connectivity index (χ1v) is 10.6. The third-order valence-corrected chi connectivity index (χ3v) is 5.89. The SMILES string of the molecule is CSc1ncc(CNC(=O)CC2C(=O)NCCN2Cc2ccccc2C)n1C. The molecule has 2 N–H and O–H groups in total. The Morgan fingerprint density at radius 3 is 2.89 bits per heavy atom. The summed E-state index contributed by atoms with van der Waals surface area (Å²) in [5.41, 5.74) is 3.31. The van der Waals surface area contributed by atoms with Crippen LogP contribution in [0.3, 0.4) is 0 Å². The molecule has 1 atom stereocenters. The summed E-state index contributed by atoms with van der Waals surface area (Å²) in [6, 6.07) is 7.70. The summed E-state index contributed by atoms with van der Waals surface area (Å²) in [4.78, 5) is 31.4. The van der Waals surface area contributed by atoms with Gasteiger partial charge in [-0.25, -0.2) is 4.98 Å². The van der Waals surface area contributed by atoms with Crippen molar-refractivity contribution in [1.29, 1.82) is 0 Å². The van der Waals surface area contributed by atoms with Crippen LogP contribution in [0.2, 0.25) is 0 Å². The highest BCUT2D eigenvalue weighted by molar-refractivity contribution is 7.98. The fourth-order valence-electron chi connectivity index (χ4n) is 3.40. The van der Waals surface area contributed by atoms with Gasteiger partial charge in [0.05, 0.1) is 30.9 Å². The van der Waals surface area contributed by atoms with Gasteiger partial charge in [0, 0.05) is 26.7 Å². The summed E-state index contributed by atoms with van der Waals surface area (Å²) in [6.07, 6.45) is 3.88. The molecule has 1 aromatic heterocycles. The summed E-state index contributed by atoms with van der Waals surface area (Å²) in [5.74, 6) is -0.219. The Bertz CT molecular complexity index is 851. The predicted octanol–water partition coefficient (Wildman–Crippen LogP) is 1.46. The predicted molar refractivity (Wildman–Crippen MR) is 110 cm³/mol. The van der Waals surface area contributed by atoms with Gasteiger partial charge in [-0.3, -0.25) is 14.5 Å². The van der Waals surface area contributed by atoms with Crippen molar-refractivity contribution in [1.82, 2.24) is 25.1 Å². The van der Waals surface area contributed by atoms with Crippen molar-refractivity contribution in [3.63, 3.8) is 0 Å². The molecule has 2 amide bonds. The number of hydrogen-bond donors (Lipinski definition) is 2. The highest BCUT2D eigenvalue weighted by Gasteiger charge is 2.31. The van der Waals surface area contributed by atoms with Gasteiger partial charge in [-0.2, -0.15) is 0 Å². The van der Waals surface area contributed by atoms with Crippen LogP contribution in [-0.2, 0) is 29.7 Å². The number of carbonyl (C=O) groups excluding carboxylic acids is 2. The number of piperazine rings is 1. The van der Waals surface area contributed by atoms with Crippen LogP contribution in [0.15, 0.2) is 35.6 Å². The van der Waals surface area contributed by atoms with Crippen molar-refractivity contribution in [3.8, 4) is 0 Å². The molecule has 0 bridgehead atoms. The van der Waals surface area contributed by atoms with Crippen LogP contribution in [0.25, 0.3) is 0 Å². The number of amides is 2. The Kier molecular flexibility index (Phi) is 6.74. The van der Waals surface area contributed by atoms with Crippen molar-refractivity contribution >= 4 is 23.6 Å². The smallest absolute Gasteiger partial charge is 0.237 e. The summed E-state index contributed by atoms with van der Waals surface area (Å²) < 4.78 is 1.96. The molecule has 150 valence electrons. The molecule has 2 heterocycles. The Morgan fingerprint density at radius 1 is 1.39 bits per heavy atom. The number of nitrogens with one attached hydrogen (secondary N) is 2. The van der Waals surface area contributed by atoms with Gasteiger partial charge in [-0.15, -0.1) is 0 Å². The minimum Gasteiger partial charge on any atom is -0.353 e. The molecule has 2 aromatic rings. The lowest BCUT2D eigenvalue weighted by Crippen LogP contribution is -2.56. The van der Waals surface area contributed by atoms with Gasteiger partial charge in [0.2, 0.25) is 11.8 Å². The van der Waals surface area contributed by atoms with Gasteiger partial charge in [0.1, 0.15) is 0 Å². The van der Waals surface area contributed by atoms with E-state index >= 15 is 0 Å². The molecule has 1 fully saturated rings. The van der Waals surface area contributed by atoms with Gasteiger partial charge in [0.25, 0.3) is 0 Å².